The molecule has 0 unspecified atom stereocenters. The fourth-order valence-corrected chi connectivity index (χ4v) is 4.06. The summed E-state index contributed by atoms with van der Waals surface area (Å²) in [5.41, 5.74) is -0.640. The lowest BCUT2D eigenvalue weighted by molar-refractivity contribution is -0.136. The van der Waals surface area contributed by atoms with E-state index in [1.807, 2.05) is 0 Å². The Bertz CT molecular complexity index is 752. The second kappa shape index (κ2) is 5.03. The topological polar surface area (TPSA) is 60.9 Å². The van der Waals surface area contributed by atoms with Crippen molar-refractivity contribution in [2.75, 3.05) is 18.0 Å². The van der Waals surface area contributed by atoms with E-state index >= 15 is 0 Å². The van der Waals surface area contributed by atoms with Crippen LogP contribution in [0.2, 0.25) is 0 Å². The Hall–Kier alpha value is -2.44. The highest BCUT2D eigenvalue weighted by Crippen LogP contribution is 2.40. The summed E-state index contributed by atoms with van der Waals surface area (Å²) < 4.78 is 14.0. The van der Waals surface area contributed by atoms with Crippen LogP contribution in [0, 0.1) is 5.82 Å². The number of imide groups is 1. The maximum Gasteiger partial charge on any atom is 0.328 e. The molecule has 3 aliphatic heterocycles. The van der Waals surface area contributed by atoms with E-state index in [-0.39, 0.29) is 18.1 Å². The van der Waals surface area contributed by atoms with Gasteiger partial charge in [-0.05, 0) is 38.3 Å². The third-order valence-corrected chi connectivity index (χ3v) is 5.39. The Morgan fingerprint density at radius 1 is 1.17 bits per heavy atom. The van der Waals surface area contributed by atoms with Crippen LogP contribution in [0.1, 0.15) is 26.2 Å². The summed E-state index contributed by atoms with van der Waals surface area (Å²) in [5, 5.41) is 0. The molecule has 3 heterocycles. The van der Waals surface area contributed by atoms with Crippen molar-refractivity contribution in [3.8, 4) is 0 Å². The Morgan fingerprint density at radius 2 is 1.92 bits per heavy atom. The molecular formula is C17H18FN3O3. The molecule has 3 fully saturated rings. The molecule has 0 saturated carbocycles. The highest BCUT2D eigenvalue weighted by molar-refractivity contribution is 6.12. The molecule has 0 bridgehead atoms. The van der Waals surface area contributed by atoms with E-state index in [4.69, 9.17) is 0 Å². The van der Waals surface area contributed by atoms with Crippen LogP contribution in [0.15, 0.2) is 24.3 Å². The number of urea groups is 1. The summed E-state index contributed by atoms with van der Waals surface area (Å²) in [6.45, 7) is 2.59. The van der Waals surface area contributed by atoms with Gasteiger partial charge in [-0.2, -0.15) is 0 Å². The first-order chi connectivity index (χ1) is 11.4. The highest BCUT2D eigenvalue weighted by Gasteiger charge is 2.60. The predicted octanol–water partition coefficient (Wildman–Crippen LogP) is 1.75. The standard InChI is InChI=1S/C17H18FN3O3/c1-17-8-4-9-20(17)16(24)21(15(17)23)13-7-10-19(14(13)22)12-6-3-2-5-11(12)18/h2-3,5-6,13H,4,7-10H2,1H3/t13-,17-/m0/s1. The number of carbonyl (C=O) groups excluding carboxylic acids is 3. The Labute approximate surface area is 138 Å². The number of amides is 4. The Kier molecular flexibility index (Phi) is 3.16. The predicted molar refractivity (Wildman–Crippen MR) is 83.7 cm³/mol. The number of hydrogen-bond donors (Lipinski definition) is 0. The first-order valence-corrected chi connectivity index (χ1v) is 8.16. The van der Waals surface area contributed by atoms with Crippen molar-refractivity contribution >= 4 is 23.5 Å². The van der Waals surface area contributed by atoms with Crippen molar-refractivity contribution in [2.24, 2.45) is 0 Å². The minimum Gasteiger partial charge on any atom is -0.310 e. The number of rotatable bonds is 2. The van der Waals surface area contributed by atoms with Gasteiger partial charge in [0, 0.05) is 13.1 Å². The third-order valence-electron chi connectivity index (χ3n) is 5.39. The molecule has 0 spiro atoms. The molecule has 4 amide bonds. The van der Waals surface area contributed by atoms with Crippen LogP contribution in [0.5, 0.6) is 0 Å². The van der Waals surface area contributed by atoms with E-state index in [2.05, 4.69) is 0 Å². The number of nitrogens with zero attached hydrogens (tertiary/aromatic N) is 3. The third kappa shape index (κ3) is 1.84. The van der Waals surface area contributed by atoms with Crippen LogP contribution in [0.3, 0.4) is 0 Å². The van der Waals surface area contributed by atoms with Gasteiger partial charge in [-0.15, -0.1) is 0 Å². The second-order valence-electron chi connectivity index (χ2n) is 6.73. The smallest absolute Gasteiger partial charge is 0.310 e. The molecule has 3 aliphatic rings. The van der Waals surface area contributed by atoms with E-state index in [1.54, 1.807) is 24.0 Å². The van der Waals surface area contributed by atoms with Crippen LogP contribution in [0.25, 0.3) is 0 Å². The van der Waals surface area contributed by atoms with E-state index in [0.717, 1.165) is 11.3 Å². The maximum absolute atomic E-state index is 14.0. The number of fused-ring (bicyclic) bond motifs is 1. The lowest BCUT2D eigenvalue weighted by atomic mass is 9.99. The fraction of sp³-hybridized carbons (Fsp3) is 0.471. The summed E-state index contributed by atoms with van der Waals surface area (Å²) in [6, 6.07) is 4.80. The zero-order valence-corrected chi connectivity index (χ0v) is 13.4. The van der Waals surface area contributed by atoms with Crippen molar-refractivity contribution in [3.63, 3.8) is 0 Å². The van der Waals surface area contributed by atoms with Crippen LogP contribution in [-0.2, 0) is 9.59 Å². The molecule has 7 heteroatoms. The van der Waals surface area contributed by atoms with Gasteiger partial charge >= 0.3 is 6.03 Å². The molecule has 0 N–H and O–H groups in total. The number of carbonyl (C=O) groups is 3. The molecule has 126 valence electrons. The molecule has 0 aliphatic carbocycles. The van der Waals surface area contributed by atoms with Gasteiger partial charge in [0.05, 0.1) is 5.69 Å². The number of hydrogen-bond acceptors (Lipinski definition) is 3. The average Bonchev–Trinajstić information content (AvgIpc) is 3.17. The number of benzene rings is 1. The molecule has 3 saturated heterocycles. The molecule has 24 heavy (non-hydrogen) atoms. The van der Waals surface area contributed by atoms with E-state index < -0.39 is 29.3 Å². The van der Waals surface area contributed by atoms with Crippen LogP contribution >= 0.6 is 0 Å². The zero-order chi connectivity index (χ0) is 17.1. The van der Waals surface area contributed by atoms with Gasteiger partial charge in [0.1, 0.15) is 17.4 Å². The van der Waals surface area contributed by atoms with Crippen LogP contribution in [0.4, 0.5) is 14.9 Å². The number of para-hydroxylation sites is 1. The van der Waals surface area contributed by atoms with Gasteiger partial charge in [0.25, 0.3) is 11.8 Å². The van der Waals surface area contributed by atoms with Crippen molar-refractivity contribution in [2.45, 2.75) is 37.8 Å². The summed E-state index contributed by atoms with van der Waals surface area (Å²) in [7, 11) is 0. The quantitative estimate of drug-likeness (QED) is 0.776. The van der Waals surface area contributed by atoms with Crippen LogP contribution in [-0.4, -0.2) is 52.3 Å². The Morgan fingerprint density at radius 3 is 2.62 bits per heavy atom. The lowest BCUT2D eigenvalue weighted by Crippen LogP contribution is -2.47. The monoisotopic (exact) mass is 331 g/mol. The number of halogens is 1. The SMILES string of the molecule is C[C@@]12CCCN1C(=O)N([C@H]1CCN(c3ccccc3F)C1=O)C2=O. The van der Waals surface area contributed by atoms with Gasteiger partial charge in [0.2, 0.25) is 0 Å². The molecule has 0 radical (unpaired) electrons. The zero-order valence-electron chi connectivity index (χ0n) is 13.4. The van der Waals surface area contributed by atoms with Gasteiger partial charge in [-0.25, -0.2) is 14.1 Å². The van der Waals surface area contributed by atoms with Crippen molar-refractivity contribution < 1.29 is 18.8 Å². The van der Waals surface area contributed by atoms with Crippen molar-refractivity contribution in [1.29, 1.82) is 0 Å². The van der Waals surface area contributed by atoms with Gasteiger partial charge in [-0.1, -0.05) is 12.1 Å². The second-order valence-corrected chi connectivity index (χ2v) is 6.73. The molecule has 1 aromatic carbocycles. The Balaban J connectivity index is 1.63. The van der Waals surface area contributed by atoms with Gasteiger partial charge in [-0.3, -0.25) is 9.59 Å². The molecule has 0 aromatic heterocycles. The van der Waals surface area contributed by atoms with E-state index in [0.29, 0.717) is 19.4 Å². The van der Waals surface area contributed by atoms with Gasteiger partial charge < -0.3 is 9.80 Å². The van der Waals surface area contributed by atoms with Crippen LogP contribution < -0.4 is 4.90 Å². The van der Waals surface area contributed by atoms with Gasteiger partial charge in [0.15, 0.2) is 0 Å². The molecule has 4 rings (SSSR count). The highest BCUT2D eigenvalue weighted by atomic mass is 19.1. The summed E-state index contributed by atoms with van der Waals surface area (Å²) >= 11 is 0. The largest absolute Gasteiger partial charge is 0.328 e. The minimum absolute atomic E-state index is 0.191. The number of anilines is 1. The molecule has 6 nitrogen and oxygen atoms in total. The fourth-order valence-electron chi connectivity index (χ4n) is 4.06. The molecule has 1 aromatic rings. The maximum atomic E-state index is 14.0. The first-order valence-electron chi connectivity index (χ1n) is 8.16. The summed E-state index contributed by atoms with van der Waals surface area (Å²) in [6.07, 6.45) is 1.74. The van der Waals surface area contributed by atoms with Crippen molar-refractivity contribution in [3.05, 3.63) is 30.1 Å². The van der Waals surface area contributed by atoms with E-state index in [1.165, 1.54) is 17.0 Å². The lowest BCUT2D eigenvalue weighted by Gasteiger charge is -2.23. The summed E-state index contributed by atoms with van der Waals surface area (Å²) in [5.74, 6) is -1.19. The molecular weight excluding hydrogens is 313 g/mol. The van der Waals surface area contributed by atoms with E-state index in [9.17, 15) is 18.8 Å². The van der Waals surface area contributed by atoms with Crippen molar-refractivity contribution in [1.82, 2.24) is 9.80 Å². The minimum atomic E-state index is -0.841. The average molecular weight is 331 g/mol. The summed E-state index contributed by atoms with van der Waals surface area (Å²) in [4.78, 5) is 42.2. The first kappa shape index (κ1) is 15.1. The normalized spacial score (nSPS) is 29.8. The molecule has 2 atom stereocenters.